The third kappa shape index (κ3) is 13.0. The van der Waals surface area contributed by atoms with E-state index >= 15 is 0 Å². The number of esters is 3. The van der Waals surface area contributed by atoms with Gasteiger partial charge in [0.15, 0.2) is 0 Å². The van der Waals surface area contributed by atoms with E-state index in [1.807, 2.05) is 24.3 Å². The summed E-state index contributed by atoms with van der Waals surface area (Å²) in [6.45, 7) is 9.02. The van der Waals surface area contributed by atoms with Crippen molar-refractivity contribution in [3.05, 3.63) is 96.6 Å². The van der Waals surface area contributed by atoms with E-state index in [0.717, 1.165) is 55.4 Å². The van der Waals surface area contributed by atoms with Gasteiger partial charge in [0.05, 0.1) is 30.9 Å². The van der Waals surface area contributed by atoms with Crippen molar-refractivity contribution in [1.82, 2.24) is 0 Å². The maximum absolute atomic E-state index is 12.7. The molecule has 1 atom stereocenters. The second-order valence-corrected chi connectivity index (χ2v) is 11.2. The molecule has 0 bridgehead atoms. The molecule has 0 aromatic heterocycles. The first kappa shape index (κ1) is 35.1. The normalized spacial score (nSPS) is 11.3. The first-order chi connectivity index (χ1) is 21.9. The van der Waals surface area contributed by atoms with Gasteiger partial charge >= 0.3 is 17.9 Å². The van der Waals surface area contributed by atoms with E-state index in [-0.39, 0.29) is 11.9 Å². The predicted molar refractivity (Wildman–Crippen MR) is 177 cm³/mol. The maximum Gasteiger partial charge on any atom is 0.343 e. The number of hydrogen-bond donors (Lipinski definition) is 0. The minimum atomic E-state index is -0.438. The summed E-state index contributed by atoms with van der Waals surface area (Å²) in [5.41, 5.74) is 2.85. The van der Waals surface area contributed by atoms with Crippen LogP contribution in [-0.2, 0) is 14.3 Å². The second kappa shape index (κ2) is 19.8. The van der Waals surface area contributed by atoms with Gasteiger partial charge in [0.25, 0.3) is 0 Å². The molecule has 7 heteroatoms. The third-order valence-corrected chi connectivity index (χ3v) is 7.52. The zero-order valence-electron chi connectivity index (χ0n) is 26.6. The number of ether oxygens (including phenoxy) is 4. The van der Waals surface area contributed by atoms with Gasteiger partial charge < -0.3 is 18.9 Å². The average Bonchev–Trinajstić information content (AvgIpc) is 3.08. The molecule has 0 amide bonds. The van der Waals surface area contributed by atoms with E-state index in [4.69, 9.17) is 18.9 Å². The van der Waals surface area contributed by atoms with Crippen LogP contribution < -0.4 is 9.47 Å². The third-order valence-electron chi connectivity index (χ3n) is 7.52. The highest BCUT2D eigenvalue weighted by molar-refractivity contribution is 5.91. The van der Waals surface area contributed by atoms with E-state index in [0.29, 0.717) is 42.6 Å². The molecule has 3 rings (SSSR count). The lowest BCUT2D eigenvalue weighted by molar-refractivity contribution is -0.137. The largest absolute Gasteiger partial charge is 0.494 e. The monoisotopic (exact) mass is 614 g/mol. The average molecular weight is 615 g/mol. The Kier molecular flexibility index (Phi) is 15.4. The Labute approximate surface area is 267 Å². The molecule has 0 saturated heterocycles. The van der Waals surface area contributed by atoms with Crippen LogP contribution in [-0.4, -0.2) is 37.7 Å². The molecule has 240 valence electrons. The Hall–Kier alpha value is -4.39. The first-order valence-electron chi connectivity index (χ1n) is 16.0. The summed E-state index contributed by atoms with van der Waals surface area (Å²) in [7, 11) is 0. The summed E-state index contributed by atoms with van der Waals surface area (Å²) in [5, 5.41) is 0. The topological polar surface area (TPSA) is 88.1 Å². The Morgan fingerprint density at radius 2 is 1.13 bits per heavy atom. The minimum Gasteiger partial charge on any atom is -0.494 e. The molecule has 0 saturated carbocycles. The molecule has 45 heavy (non-hydrogen) atoms. The summed E-state index contributed by atoms with van der Waals surface area (Å²) in [5.74, 6) is 0.399. The van der Waals surface area contributed by atoms with Crippen LogP contribution in [0.1, 0.15) is 92.4 Å². The number of carbonyl (C=O) groups excluding carboxylic acids is 3. The van der Waals surface area contributed by atoms with Crippen molar-refractivity contribution < 1.29 is 33.3 Å². The summed E-state index contributed by atoms with van der Waals surface area (Å²) >= 11 is 0. The highest BCUT2D eigenvalue weighted by Crippen LogP contribution is 2.24. The van der Waals surface area contributed by atoms with Crippen molar-refractivity contribution in [2.24, 2.45) is 5.92 Å². The molecule has 0 aliphatic rings. The molecule has 3 aromatic rings. The van der Waals surface area contributed by atoms with Crippen LogP contribution in [0.4, 0.5) is 0 Å². The number of hydrogen-bond acceptors (Lipinski definition) is 7. The molecule has 1 unspecified atom stereocenters. The smallest absolute Gasteiger partial charge is 0.343 e. The zero-order valence-corrected chi connectivity index (χ0v) is 26.6. The van der Waals surface area contributed by atoms with Gasteiger partial charge in [-0.1, -0.05) is 89.6 Å². The molecule has 7 nitrogen and oxygen atoms in total. The van der Waals surface area contributed by atoms with Gasteiger partial charge in [0.1, 0.15) is 11.5 Å². The fourth-order valence-electron chi connectivity index (χ4n) is 4.47. The summed E-state index contributed by atoms with van der Waals surface area (Å²) < 4.78 is 21.7. The van der Waals surface area contributed by atoms with Crippen LogP contribution >= 0.6 is 0 Å². The zero-order chi connectivity index (χ0) is 32.3. The molecular formula is C38H46O7. The highest BCUT2D eigenvalue weighted by atomic mass is 16.5. The van der Waals surface area contributed by atoms with E-state index in [1.165, 1.54) is 25.3 Å². The van der Waals surface area contributed by atoms with Crippen LogP contribution in [0, 0.1) is 5.92 Å². The van der Waals surface area contributed by atoms with Crippen molar-refractivity contribution in [2.75, 3.05) is 19.8 Å². The molecule has 0 spiro atoms. The fraction of sp³-hybridized carbons (Fsp3) is 0.395. The SMILES string of the molecule is C=CC(=O)OCCCCCCCCCCOc1ccc(C(=O)Oc2ccc(-c3ccc(C(=O)OCC(C)CC)cc3)cc2)cc1. The van der Waals surface area contributed by atoms with E-state index in [2.05, 4.69) is 20.4 Å². The fourth-order valence-corrected chi connectivity index (χ4v) is 4.47. The molecule has 0 heterocycles. The minimum absolute atomic E-state index is 0.318. The van der Waals surface area contributed by atoms with Crippen LogP contribution in [0.3, 0.4) is 0 Å². The Bertz CT molecular complexity index is 1330. The predicted octanol–water partition coefficient (Wildman–Crippen LogP) is 9.00. The molecule has 0 radical (unpaired) electrons. The standard InChI is InChI=1S/C38H46O7/c1-4-29(3)28-44-37(40)32-16-14-30(15-17-32)31-18-24-35(25-19-31)45-38(41)33-20-22-34(23-21-33)42-26-12-10-8-6-7-9-11-13-27-43-36(39)5-2/h5,14-25,29H,2,4,6-13,26-28H2,1,3H3. The molecular weight excluding hydrogens is 568 g/mol. The van der Waals surface area contributed by atoms with E-state index in [9.17, 15) is 14.4 Å². The van der Waals surface area contributed by atoms with Gasteiger partial charge in [-0.3, -0.25) is 0 Å². The lowest BCUT2D eigenvalue weighted by Crippen LogP contribution is -2.11. The Balaban J connectivity index is 1.32. The van der Waals surface area contributed by atoms with Gasteiger partial charge in [-0.15, -0.1) is 0 Å². The lowest BCUT2D eigenvalue weighted by atomic mass is 10.0. The number of unbranched alkanes of at least 4 members (excludes halogenated alkanes) is 7. The Morgan fingerprint density at radius 3 is 1.71 bits per heavy atom. The quantitative estimate of drug-likeness (QED) is 0.0543. The molecule has 0 fully saturated rings. The van der Waals surface area contributed by atoms with Crippen molar-refractivity contribution in [1.29, 1.82) is 0 Å². The summed E-state index contributed by atoms with van der Waals surface area (Å²) in [6, 6.07) is 21.5. The van der Waals surface area contributed by atoms with Crippen molar-refractivity contribution in [3.8, 4) is 22.6 Å². The second-order valence-electron chi connectivity index (χ2n) is 11.2. The molecule has 3 aromatic carbocycles. The van der Waals surface area contributed by atoms with Crippen molar-refractivity contribution >= 4 is 17.9 Å². The summed E-state index contributed by atoms with van der Waals surface area (Å²) in [6.07, 6.45) is 10.9. The van der Waals surface area contributed by atoms with Gasteiger partial charge in [0.2, 0.25) is 0 Å². The van der Waals surface area contributed by atoms with Crippen molar-refractivity contribution in [2.45, 2.75) is 71.6 Å². The van der Waals surface area contributed by atoms with Gasteiger partial charge in [-0.25, -0.2) is 14.4 Å². The lowest BCUT2D eigenvalue weighted by Gasteiger charge is -2.10. The van der Waals surface area contributed by atoms with E-state index < -0.39 is 5.97 Å². The number of benzene rings is 3. The van der Waals surface area contributed by atoms with Crippen LogP contribution in [0.25, 0.3) is 11.1 Å². The van der Waals surface area contributed by atoms with Crippen LogP contribution in [0.2, 0.25) is 0 Å². The van der Waals surface area contributed by atoms with Gasteiger partial charge in [-0.2, -0.15) is 0 Å². The van der Waals surface area contributed by atoms with Gasteiger partial charge in [0, 0.05) is 6.08 Å². The molecule has 0 aliphatic carbocycles. The molecule has 0 aliphatic heterocycles. The van der Waals surface area contributed by atoms with E-state index in [1.54, 1.807) is 48.5 Å². The summed E-state index contributed by atoms with van der Waals surface area (Å²) in [4.78, 5) is 35.9. The van der Waals surface area contributed by atoms with Crippen LogP contribution in [0.15, 0.2) is 85.5 Å². The van der Waals surface area contributed by atoms with Crippen LogP contribution in [0.5, 0.6) is 11.5 Å². The molecule has 0 N–H and O–H groups in total. The number of rotatable bonds is 20. The number of carbonyl (C=O) groups is 3. The Morgan fingerprint density at radius 1 is 0.644 bits per heavy atom. The van der Waals surface area contributed by atoms with Crippen molar-refractivity contribution in [3.63, 3.8) is 0 Å². The first-order valence-corrected chi connectivity index (χ1v) is 16.0. The van der Waals surface area contributed by atoms with Gasteiger partial charge in [-0.05, 0) is 78.4 Å². The maximum atomic E-state index is 12.7. The highest BCUT2D eigenvalue weighted by Gasteiger charge is 2.11.